The highest BCUT2D eigenvalue weighted by Crippen LogP contribution is 2.35. The molecule has 3 aromatic rings. The van der Waals surface area contributed by atoms with Crippen molar-refractivity contribution in [1.82, 2.24) is 0 Å². The lowest BCUT2D eigenvalue weighted by Gasteiger charge is -2.15. The summed E-state index contributed by atoms with van der Waals surface area (Å²) in [5.41, 5.74) is 4.59. The maximum atomic E-state index is 9.60. The lowest BCUT2D eigenvalue weighted by Crippen LogP contribution is -1.95. The number of benzene rings is 3. The van der Waals surface area contributed by atoms with E-state index < -0.39 is 0 Å². The van der Waals surface area contributed by atoms with Crippen molar-refractivity contribution in [3.63, 3.8) is 0 Å². The molecule has 0 saturated carbocycles. The summed E-state index contributed by atoms with van der Waals surface area (Å²) >= 11 is 0. The molecule has 0 heterocycles. The Labute approximate surface area is 146 Å². The van der Waals surface area contributed by atoms with Gasteiger partial charge in [0, 0.05) is 0 Å². The number of nitrogens with zero attached hydrogens (tertiary/aromatic N) is 1. The van der Waals surface area contributed by atoms with E-state index >= 15 is 0 Å². The molecule has 0 unspecified atom stereocenters. The fourth-order valence-electron chi connectivity index (χ4n) is 2.82. The van der Waals surface area contributed by atoms with Gasteiger partial charge < -0.3 is 10.2 Å². The van der Waals surface area contributed by atoms with Gasteiger partial charge in [0.25, 0.3) is 0 Å². The molecule has 0 atom stereocenters. The van der Waals surface area contributed by atoms with Crippen LogP contribution in [-0.4, -0.2) is 10.2 Å². The SMILES string of the molecule is N#CCC(=C(c1ccc(O)cc1)c1ccc(O)cc1)c1ccccc1. The normalized spacial score (nSPS) is 10.0. The molecule has 0 radical (unpaired) electrons. The molecule has 25 heavy (non-hydrogen) atoms. The second-order valence-corrected chi connectivity index (χ2v) is 5.65. The Morgan fingerprint density at radius 1 is 0.680 bits per heavy atom. The van der Waals surface area contributed by atoms with Crippen molar-refractivity contribution in [2.45, 2.75) is 6.42 Å². The molecule has 0 aliphatic heterocycles. The highest BCUT2D eigenvalue weighted by molar-refractivity contribution is 5.99. The monoisotopic (exact) mass is 327 g/mol. The van der Waals surface area contributed by atoms with Crippen molar-refractivity contribution >= 4 is 11.1 Å². The summed E-state index contributed by atoms with van der Waals surface area (Å²) < 4.78 is 0. The first-order valence-electron chi connectivity index (χ1n) is 7.93. The molecule has 3 heteroatoms. The van der Waals surface area contributed by atoms with Crippen LogP contribution in [0.3, 0.4) is 0 Å². The van der Waals surface area contributed by atoms with Gasteiger partial charge in [0.2, 0.25) is 0 Å². The molecule has 2 N–H and O–H groups in total. The summed E-state index contributed by atoms with van der Waals surface area (Å²) in [6.07, 6.45) is 0.251. The third kappa shape index (κ3) is 3.70. The minimum atomic E-state index is 0.190. The molecule has 3 aromatic carbocycles. The summed E-state index contributed by atoms with van der Waals surface area (Å²) in [6.45, 7) is 0. The van der Waals surface area contributed by atoms with Gasteiger partial charge in [-0.15, -0.1) is 0 Å². The molecule has 0 saturated heterocycles. The summed E-state index contributed by atoms with van der Waals surface area (Å²) in [7, 11) is 0. The molecule has 0 amide bonds. The Hall–Kier alpha value is -3.51. The van der Waals surface area contributed by atoms with Crippen LogP contribution in [0.1, 0.15) is 23.1 Å². The zero-order valence-corrected chi connectivity index (χ0v) is 13.6. The molecular formula is C22H17NO2. The zero-order valence-electron chi connectivity index (χ0n) is 13.6. The average molecular weight is 327 g/mol. The van der Waals surface area contributed by atoms with Gasteiger partial charge in [-0.2, -0.15) is 5.26 Å². The van der Waals surface area contributed by atoms with Crippen LogP contribution in [0, 0.1) is 11.3 Å². The predicted molar refractivity (Wildman–Crippen MR) is 98.8 cm³/mol. The van der Waals surface area contributed by atoms with Crippen molar-refractivity contribution in [2.75, 3.05) is 0 Å². The van der Waals surface area contributed by atoms with Crippen LogP contribution >= 0.6 is 0 Å². The fourth-order valence-corrected chi connectivity index (χ4v) is 2.82. The molecule has 0 aliphatic carbocycles. The van der Waals surface area contributed by atoms with E-state index in [-0.39, 0.29) is 17.9 Å². The number of aromatic hydroxyl groups is 2. The minimum absolute atomic E-state index is 0.190. The minimum Gasteiger partial charge on any atom is -0.508 e. The van der Waals surface area contributed by atoms with Crippen molar-refractivity contribution in [1.29, 1.82) is 5.26 Å². The number of phenolic OH excluding ortho intramolecular Hbond substituents is 2. The van der Waals surface area contributed by atoms with Crippen LogP contribution in [0.2, 0.25) is 0 Å². The fraction of sp³-hybridized carbons (Fsp3) is 0.0455. The van der Waals surface area contributed by atoms with Crippen molar-refractivity contribution in [3.8, 4) is 17.6 Å². The first-order chi connectivity index (χ1) is 12.2. The summed E-state index contributed by atoms with van der Waals surface area (Å²) in [5.74, 6) is 0.380. The van der Waals surface area contributed by atoms with Crippen molar-refractivity contribution in [3.05, 3.63) is 95.6 Å². The van der Waals surface area contributed by atoms with Crippen LogP contribution in [0.4, 0.5) is 0 Å². The molecule has 0 fully saturated rings. The smallest absolute Gasteiger partial charge is 0.115 e. The molecular weight excluding hydrogens is 310 g/mol. The van der Waals surface area contributed by atoms with Crippen LogP contribution in [-0.2, 0) is 0 Å². The Morgan fingerprint density at radius 3 is 1.60 bits per heavy atom. The predicted octanol–water partition coefficient (Wildman–Crippen LogP) is 4.97. The van der Waals surface area contributed by atoms with Crippen molar-refractivity contribution < 1.29 is 10.2 Å². The van der Waals surface area contributed by atoms with Gasteiger partial charge >= 0.3 is 0 Å². The van der Waals surface area contributed by atoms with Crippen LogP contribution < -0.4 is 0 Å². The number of hydrogen-bond acceptors (Lipinski definition) is 3. The number of phenols is 2. The first-order valence-corrected chi connectivity index (χ1v) is 7.93. The number of nitriles is 1. The first kappa shape index (κ1) is 16.4. The zero-order chi connectivity index (χ0) is 17.6. The van der Waals surface area contributed by atoms with E-state index in [2.05, 4.69) is 6.07 Å². The quantitative estimate of drug-likeness (QED) is 0.665. The molecule has 0 bridgehead atoms. The van der Waals surface area contributed by atoms with Gasteiger partial charge in [0.05, 0.1) is 12.5 Å². The average Bonchev–Trinajstić information content (AvgIpc) is 2.65. The summed E-state index contributed by atoms with van der Waals surface area (Å²) in [4.78, 5) is 0. The third-order valence-electron chi connectivity index (χ3n) is 3.99. The van der Waals surface area contributed by atoms with Gasteiger partial charge in [0.1, 0.15) is 11.5 Å². The third-order valence-corrected chi connectivity index (χ3v) is 3.99. The van der Waals surface area contributed by atoms with Gasteiger partial charge in [-0.3, -0.25) is 0 Å². The van der Waals surface area contributed by atoms with E-state index in [9.17, 15) is 15.5 Å². The summed E-state index contributed by atoms with van der Waals surface area (Å²) in [5, 5.41) is 28.6. The molecule has 3 rings (SSSR count). The number of rotatable bonds is 4. The number of hydrogen-bond donors (Lipinski definition) is 2. The van der Waals surface area contributed by atoms with Gasteiger partial charge in [-0.25, -0.2) is 0 Å². The van der Waals surface area contributed by atoms with Crippen molar-refractivity contribution in [2.24, 2.45) is 0 Å². The van der Waals surface area contributed by atoms with E-state index in [1.54, 1.807) is 24.3 Å². The Morgan fingerprint density at radius 2 is 1.16 bits per heavy atom. The second kappa shape index (κ2) is 7.37. The second-order valence-electron chi connectivity index (χ2n) is 5.65. The van der Waals surface area contributed by atoms with Crippen LogP contribution in [0.25, 0.3) is 11.1 Å². The maximum absolute atomic E-state index is 9.60. The lowest BCUT2D eigenvalue weighted by atomic mass is 9.88. The van der Waals surface area contributed by atoms with E-state index in [0.29, 0.717) is 0 Å². The highest BCUT2D eigenvalue weighted by atomic mass is 16.3. The Balaban J connectivity index is 2.29. The van der Waals surface area contributed by atoms with E-state index in [1.807, 2.05) is 54.6 Å². The van der Waals surface area contributed by atoms with E-state index in [0.717, 1.165) is 27.8 Å². The molecule has 3 nitrogen and oxygen atoms in total. The summed E-state index contributed by atoms with van der Waals surface area (Å²) in [6, 6.07) is 25.9. The molecule has 0 spiro atoms. The van der Waals surface area contributed by atoms with Gasteiger partial charge in [-0.1, -0.05) is 54.6 Å². The Kier molecular flexibility index (Phi) is 4.82. The van der Waals surface area contributed by atoms with Crippen LogP contribution in [0.15, 0.2) is 78.9 Å². The van der Waals surface area contributed by atoms with Gasteiger partial charge in [0.15, 0.2) is 0 Å². The standard InChI is InChI=1S/C22H17NO2/c23-15-14-21(16-4-2-1-3-5-16)22(17-6-10-19(24)11-7-17)18-8-12-20(25)13-9-18/h1-13,24-25H,14H2. The Bertz CT molecular complexity index is 871. The topological polar surface area (TPSA) is 64.2 Å². The molecule has 0 aromatic heterocycles. The number of allylic oxidation sites excluding steroid dienone is 1. The molecule has 122 valence electrons. The lowest BCUT2D eigenvalue weighted by molar-refractivity contribution is 0.475. The van der Waals surface area contributed by atoms with Crippen LogP contribution in [0.5, 0.6) is 11.5 Å². The van der Waals surface area contributed by atoms with E-state index in [4.69, 9.17) is 0 Å². The van der Waals surface area contributed by atoms with Gasteiger partial charge in [-0.05, 0) is 52.1 Å². The largest absolute Gasteiger partial charge is 0.508 e. The molecule has 0 aliphatic rings. The maximum Gasteiger partial charge on any atom is 0.115 e. The highest BCUT2D eigenvalue weighted by Gasteiger charge is 2.14. The van der Waals surface area contributed by atoms with E-state index in [1.165, 1.54) is 0 Å².